The molecule has 1 saturated heterocycles. The molecule has 0 bridgehead atoms. The first kappa shape index (κ1) is 33.2. The average molecular weight is 642 g/mol. The van der Waals surface area contributed by atoms with E-state index in [1.54, 1.807) is 0 Å². The van der Waals surface area contributed by atoms with E-state index in [1.165, 1.54) is 0 Å². The Morgan fingerprint density at radius 2 is 1.56 bits per heavy atom. The van der Waals surface area contributed by atoms with E-state index in [9.17, 15) is 9.90 Å². The van der Waals surface area contributed by atoms with Crippen LogP contribution in [0.1, 0.15) is 57.6 Å². The van der Waals surface area contributed by atoms with Gasteiger partial charge < -0.3 is 24.8 Å². The fourth-order valence-corrected chi connectivity index (χ4v) is 6.15. The van der Waals surface area contributed by atoms with E-state index in [0.29, 0.717) is 12.1 Å². The number of aliphatic hydroxyl groups is 1. The number of hydrogen-bond donors (Lipinski definition) is 2. The van der Waals surface area contributed by atoms with Gasteiger partial charge >= 0.3 is 0 Å². The van der Waals surface area contributed by atoms with Crippen LogP contribution in [0.25, 0.3) is 11.1 Å². The second-order valence-corrected chi connectivity index (χ2v) is 12.5. The maximum Gasteiger partial charge on any atom is 0.251 e. The molecule has 0 spiro atoms. The summed E-state index contributed by atoms with van der Waals surface area (Å²) < 4.78 is 13.4. The molecule has 1 aliphatic heterocycles. The van der Waals surface area contributed by atoms with E-state index in [2.05, 4.69) is 83.8 Å². The van der Waals surface area contributed by atoms with Crippen molar-refractivity contribution in [3.05, 3.63) is 161 Å². The SMILES string of the molecule is C[C@@H]1[C@H](CN(C)CCc2ccccn2)O[C@H](c2ccc(-c3cccc(CNC(=O)c4ccccc4)c3)cc2)O[C@@H]1c1ccc(CO)cc1. The van der Waals surface area contributed by atoms with Gasteiger partial charge in [-0.1, -0.05) is 97.9 Å². The number of carbonyl (C=O) groups is 1. The second-order valence-electron chi connectivity index (χ2n) is 12.5. The molecule has 48 heavy (non-hydrogen) atoms. The molecule has 2 heterocycles. The molecule has 6 rings (SSSR count). The Hall–Kier alpha value is -4.66. The number of rotatable bonds is 12. The number of hydrogen-bond acceptors (Lipinski definition) is 6. The number of pyridine rings is 1. The third-order valence-corrected chi connectivity index (χ3v) is 9.02. The van der Waals surface area contributed by atoms with E-state index in [-0.39, 0.29) is 30.6 Å². The number of aromatic nitrogens is 1. The lowest BCUT2D eigenvalue weighted by atomic mass is 9.90. The van der Waals surface area contributed by atoms with Gasteiger partial charge in [-0.2, -0.15) is 0 Å². The summed E-state index contributed by atoms with van der Waals surface area (Å²) in [5.74, 6) is 0.00965. The number of ether oxygens (including phenoxy) is 2. The second kappa shape index (κ2) is 16.0. The first-order valence-corrected chi connectivity index (χ1v) is 16.6. The molecule has 246 valence electrons. The fraction of sp³-hybridized carbons (Fsp3) is 0.268. The number of carbonyl (C=O) groups excluding carboxylic acids is 1. The maximum absolute atomic E-state index is 12.5. The molecule has 0 aliphatic carbocycles. The van der Waals surface area contributed by atoms with Crippen molar-refractivity contribution in [2.24, 2.45) is 5.92 Å². The van der Waals surface area contributed by atoms with Crippen LogP contribution in [0.3, 0.4) is 0 Å². The number of amides is 1. The Labute approximate surface area is 283 Å². The van der Waals surface area contributed by atoms with Gasteiger partial charge in [0.2, 0.25) is 0 Å². The van der Waals surface area contributed by atoms with E-state index >= 15 is 0 Å². The summed E-state index contributed by atoms with van der Waals surface area (Å²) in [5.41, 5.74) is 7.79. The van der Waals surface area contributed by atoms with Gasteiger partial charge in [-0.05, 0) is 65.2 Å². The van der Waals surface area contributed by atoms with Gasteiger partial charge in [0.05, 0.1) is 18.8 Å². The lowest BCUT2D eigenvalue weighted by Gasteiger charge is -2.42. The summed E-state index contributed by atoms with van der Waals surface area (Å²) in [6.07, 6.45) is 1.93. The van der Waals surface area contributed by atoms with Gasteiger partial charge in [0.15, 0.2) is 6.29 Å². The van der Waals surface area contributed by atoms with Crippen molar-refractivity contribution >= 4 is 5.91 Å². The van der Waals surface area contributed by atoms with E-state index in [0.717, 1.165) is 58.6 Å². The predicted octanol–water partition coefficient (Wildman–Crippen LogP) is 7.14. The van der Waals surface area contributed by atoms with Crippen LogP contribution in [-0.2, 0) is 29.0 Å². The first-order chi connectivity index (χ1) is 23.5. The van der Waals surface area contributed by atoms with E-state index in [4.69, 9.17) is 9.47 Å². The van der Waals surface area contributed by atoms with Gasteiger partial charge in [-0.15, -0.1) is 0 Å². The molecule has 1 aromatic heterocycles. The van der Waals surface area contributed by atoms with Crippen LogP contribution in [0, 0.1) is 5.92 Å². The molecule has 0 saturated carbocycles. The van der Waals surface area contributed by atoms with Gasteiger partial charge in [0.1, 0.15) is 0 Å². The predicted molar refractivity (Wildman–Crippen MR) is 188 cm³/mol. The summed E-state index contributed by atoms with van der Waals surface area (Å²) in [7, 11) is 2.13. The number of benzene rings is 4. The Balaban J connectivity index is 1.16. The largest absolute Gasteiger partial charge is 0.392 e. The first-order valence-electron chi connectivity index (χ1n) is 16.6. The lowest BCUT2D eigenvalue weighted by Crippen LogP contribution is -2.43. The molecule has 2 N–H and O–H groups in total. The molecule has 1 aliphatic rings. The highest BCUT2D eigenvalue weighted by Crippen LogP contribution is 2.42. The summed E-state index contributed by atoms with van der Waals surface area (Å²) in [5, 5.41) is 12.6. The van der Waals surface area contributed by atoms with Crippen LogP contribution in [0.5, 0.6) is 0 Å². The van der Waals surface area contributed by atoms with E-state index < -0.39 is 6.29 Å². The summed E-state index contributed by atoms with van der Waals surface area (Å²) >= 11 is 0. The average Bonchev–Trinajstić information content (AvgIpc) is 3.15. The molecule has 4 atom stereocenters. The molecule has 7 heteroatoms. The molecule has 0 radical (unpaired) electrons. The normalized spacial score (nSPS) is 19.2. The fourth-order valence-electron chi connectivity index (χ4n) is 6.15. The minimum Gasteiger partial charge on any atom is -0.392 e. The third-order valence-electron chi connectivity index (χ3n) is 9.02. The smallest absolute Gasteiger partial charge is 0.251 e. The Morgan fingerprint density at radius 3 is 2.29 bits per heavy atom. The number of likely N-dealkylation sites (N-methyl/N-ethyl adjacent to an activating group) is 1. The van der Waals surface area contributed by atoms with Crippen molar-refractivity contribution in [3.63, 3.8) is 0 Å². The number of aliphatic hydroxyl groups excluding tert-OH is 1. The zero-order valence-electron chi connectivity index (χ0n) is 27.5. The minimum absolute atomic E-state index is 0.00830. The number of nitrogens with one attached hydrogen (secondary N) is 1. The van der Waals surface area contributed by atoms with Crippen LogP contribution in [0.15, 0.2) is 128 Å². The van der Waals surface area contributed by atoms with Crippen LogP contribution < -0.4 is 5.32 Å². The summed E-state index contributed by atoms with van der Waals surface area (Å²) in [4.78, 5) is 19.3. The van der Waals surface area contributed by atoms with Gasteiger partial charge in [-0.25, -0.2) is 0 Å². The highest BCUT2D eigenvalue weighted by molar-refractivity contribution is 5.94. The maximum atomic E-state index is 12.5. The quantitative estimate of drug-likeness (QED) is 0.151. The molecule has 1 fully saturated rings. The summed E-state index contributed by atoms with van der Waals surface area (Å²) in [6, 6.07) is 39.9. The van der Waals surface area contributed by atoms with Crippen LogP contribution in [0.2, 0.25) is 0 Å². The summed E-state index contributed by atoms with van der Waals surface area (Å²) in [6.45, 7) is 4.27. The Morgan fingerprint density at radius 1 is 0.812 bits per heavy atom. The van der Waals surface area contributed by atoms with Crippen molar-refractivity contribution in [3.8, 4) is 11.1 Å². The van der Waals surface area contributed by atoms with Gasteiger partial charge in [0, 0.05) is 55.0 Å². The molecule has 1 amide bonds. The molecular weight excluding hydrogens is 598 g/mol. The molecule has 0 unspecified atom stereocenters. The van der Waals surface area contributed by atoms with Crippen LogP contribution in [0.4, 0.5) is 0 Å². The van der Waals surface area contributed by atoms with E-state index in [1.807, 2.05) is 72.9 Å². The highest BCUT2D eigenvalue weighted by atomic mass is 16.7. The molecule has 7 nitrogen and oxygen atoms in total. The zero-order chi connectivity index (χ0) is 33.3. The van der Waals surface area contributed by atoms with Crippen molar-refractivity contribution in [2.75, 3.05) is 20.1 Å². The van der Waals surface area contributed by atoms with Crippen LogP contribution >= 0.6 is 0 Å². The third kappa shape index (κ3) is 8.43. The molecule has 4 aromatic carbocycles. The highest BCUT2D eigenvalue weighted by Gasteiger charge is 2.38. The van der Waals surface area contributed by atoms with Crippen molar-refractivity contribution in [2.45, 2.75) is 45.0 Å². The monoisotopic (exact) mass is 641 g/mol. The minimum atomic E-state index is -0.536. The Bertz CT molecular complexity index is 1750. The van der Waals surface area contributed by atoms with Crippen molar-refractivity contribution in [1.29, 1.82) is 0 Å². The van der Waals surface area contributed by atoms with Gasteiger partial charge in [-0.3, -0.25) is 9.78 Å². The molecular formula is C41H43N3O4. The molecule has 5 aromatic rings. The lowest BCUT2D eigenvalue weighted by molar-refractivity contribution is -0.275. The number of nitrogens with zero attached hydrogens (tertiary/aromatic N) is 2. The standard InChI is InChI=1S/C41H43N3O4/c1-29-38(27-44(2)24-22-37-13-6-7-23-42-37)47-41(48-39(29)33-16-14-30(28-45)15-17-33)35-20-18-32(19-21-35)36-12-8-9-31(25-36)26-43-40(46)34-10-4-3-5-11-34/h3-21,23,25,29,38-39,41,45H,22,24,26-28H2,1-2H3,(H,43,46)/t29-,38+,39+,41+/m1/s1. The Kier molecular flexibility index (Phi) is 11.1. The van der Waals surface area contributed by atoms with Crippen molar-refractivity contribution in [1.82, 2.24) is 15.2 Å². The van der Waals surface area contributed by atoms with Crippen molar-refractivity contribution < 1.29 is 19.4 Å². The zero-order valence-corrected chi connectivity index (χ0v) is 27.5. The van der Waals surface area contributed by atoms with Crippen LogP contribution in [-0.4, -0.2) is 47.1 Å². The van der Waals surface area contributed by atoms with Gasteiger partial charge in [0.25, 0.3) is 5.91 Å². The topological polar surface area (TPSA) is 83.9 Å².